The largest absolute Gasteiger partial charge is 0.483 e. The summed E-state index contributed by atoms with van der Waals surface area (Å²) in [7, 11) is 0. The lowest BCUT2D eigenvalue weighted by Gasteiger charge is -2.12. The van der Waals surface area contributed by atoms with E-state index in [1.165, 1.54) is 0 Å². The Morgan fingerprint density at radius 3 is 2.55 bits per heavy atom. The van der Waals surface area contributed by atoms with Crippen molar-refractivity contribution in [2.45, 2.75) is 6.92 Å². The lowest BCUT2D eigenvalue weighted by atomic mass is 10.1. The molecular weight excluding hydrogens is 414 g/mol. The van der Waals surface area contributed by atoms with Crippen LogP contribution >= 0.6 is 0 Å². The van der Waals surface area contributed by atoms with E-state index in [1.807, 2.05) is 97.9 Å². The van der Waals surface area contributed by atoms with Crippen LogP contribution in [0.15, 0.2) is 91.0 Å². The molecule has 2 heterocycles. The first kappa shape index (κ1) is 20.4. The normalized spacial score (nSPS) is 10.8. The van der Waals surface area contributed by atoms with Crippen LogP contribution < -0.4 is 10.1 Å². The van der Waals surface area contributed by atoms with E-state index >= 15 is 0 Å². The minimum Gasteiger partial charge on any atom is -0.483 e. The van der Waals surface area contributed by atoms with Gasteiger partial charge in [0.25, 0.3) is 5.91 Å². The van der Waals surface area contributed by atoms with Crippen LogP contribution in [0.5, 0.6) is 5.75 Å². The van der Waals surface area contributed by atoms with Gasteiger partial charge in [0.1, 0.15) is 5.75 Å². The van der Waals surface area contributed by atoms with Crippen molar-refractivity contribution < 1.29 is 9.53 Å². The van der Waals surface area contributed by atoms with Gasteiger partial charge in [0, 0.05) is 16.8 Å². The van der Waals surface area contributed by atoms with Gasteiger partial charge < -0.3 is 10.1 Å². The molecule has 33 heavy (non-hydrogen) atoms. The molecule has 2 aromatic heterocycles. The van der Waals surface area contributed by atoms with E-state index in [0.29, 0.717) is 22.9 Å². The maximum Gasteiger partial charge on any atom is 0.262 e. The van der Waals surface area contributed by atoms with Crippen molar-refractivity contribution in [3.05, 3.63) is 96.8 Å². The van der Waals surface area contributed by atoms with E-state index in [2.05, 4.69) is 20.6 Å². The number of nitrogens with one attached hydrogen (secondary N) is 1. The van der Waals surface area contributed by atoms with Crippen molar-refractivity contribution >= 4 is 17.2 Å². The molecule has 3 aromatic carbocycles. The Kier molecular flexibility index (Phi) is 5.51. The molecule has 5 aromatic rings. The molecule has 162 valence electrons. The smallest absolute Gasteiger partial charge is 0.262 e. The van der Waals surface area contributed by atoms with Crippen molar-refractivity contribution in [1.29, 1.82) is 0 Å². The van der Waals surface area contributed by atoms with Crippen LogP contribution in [0.2, 0.25) is 0 Å². The fourth-order valence-electron chi connectivity index (χ4n) is 3.60. The van der Waals surface area contributed by atoms with Crippen molar-refractivity contribution in [3.8, 4) is 28.1 Å². The molecule has 0 atom stereocenters. The van der Waals surface area contributed by atoms with Crippen LogP contribution in [0.3, 0.4) is 0 Å². The monoisotopic (exact) mass is 435 g/mol. The van der Waals surface area contributed by atoms with Crippen LogP contribution in [0.25, 0.3) is 28.0 Å². The summed E-state index contributed by atoms with van der Waals surface area (Å²) in [5.41, 5.74) is 4.97. The molecule has 0 radical (unpaired) electrons. The van der Waals surface area contributed by atoms with Gasteiger partial charge in [-0.3, -0.25) is 4.79 Å². The Hall–Kier alpha value is -4.52. The molecule has 0 fully saturated rings. The predicted octanol–water partition coefficient (Wildman–Crippen LogP) is 4.78. The molecule has 1 amide bonds. The summed E-state index contributed by atoms with van der Waals surface area (Å²) in [6.07, 6.45) is 0. The van der Waals surface area contributed by atoms with E-state index < -0.39 is 0 Å². The first-order chi connectivity index (χ1) is 16.2. The molecule has 1 N–H and O–H groups in total. The lowest BCUT2D eigenvalue weighted by Crippen LogP contribution is -2.20. The van der Waals surface area contributed by atoms with Gasteiger partial charge in [-0.1, -0.05) is 60.7 Å². The third kappa shape index (κ3) is 4.43. The highest BCUT2D eigenvalue weighted by atomic mass is 16.5. The highest BCUT2D eigenvalue weighted by Crippen LogP contribution is 2.29. The summed E-state index contributed by atoms with van der Waals surface area (Å²) in [4.78, 5) is 12.6. The number of aryl methyl sites for hydroxylation is 1. The Morgan fingerprint density at radius 1 is 0.879 bits per heavy atom. The maximum atomic E-state index is 12.6. The average Bonchev–Trinajstić information content (AvgIpc) is 3.23. The molecule has 0 aliphatic heterocycles. The molecule has 7 nitrogen and oxygen atoms in total. The van der Waals surface area contributed by atoms with E-state index in [1.54, 1.807) is 4.52 Å². The number of carbonyl (C=O) groups excluding carboxylic acids is 1. The number of aromatic nitrogens is 4. The summed E-state index contributed by atoms with van der Waals surface area (Å²) in [6, 6.07) is 28.9. The van der Waals surface area contributed by atoms with Crippen molar-refractivity contribution in [1.82, 2.24) is 19.8 Å². The summed E-state index contributed by atoms with van der Waals surface area (Å²) < 4.78 is 7.54. The maximum absolute atomic E-state index is 12.6. The fraction of sp³-hybridized carbons (Fsp3) is 0.0769. The number of amides is 1. The second-order valence-corrected chi connectivity index (χ2v) is 7.52. The van der Waals surface area contributed by atoms with E-state index in [4.69, 9.17) is 4.74 Å². The van der Waals surface area contributed by atoms with Gasteiger partial charge in [0.2, 0.25) is 0 Å². The molecular formula is C26H21N5O2. The van der Waals surface area contributed by atoms with Crippen LogP contribution in [-0.2, 0) is 4.79 Å². The average molecular weight is 435 g/mol. The Balaban J connectivity index is 1.29. The van der Waals surface area contributed by atoms with Crippen molar-refractivity contribution in [2.75, 3.05) is 11.9 Å². The second-order valence-electron chi connectivity index (χ2n) is 7.52. The van der Waals surface area contributed by atoms with Gasteiger partial charge in [0.15, 0.2) is 18.1 Å². The Morgan fingerprint density at radius 2 is 1.67 bits per heavy atom. The molecule has 0 spiro atoms. The topological polar surface area (TPSA) is 81.4 Å². The van der Waals surface area contributed by atoms with Crippen molar-refractivity contribution in [3.63, 3.8) is 0 Å². The highest BCUT2D eigenvalue weighted by Gasteiger charge is 2.10. The first-order valence-corrected chi connectivity index (χ1v) is 10.5. The molecule has 0 bridgehead atoms. The molecule has 7 heteroatoms. The molecule has 0 saturated heterocycles. The lowest BCUT2D eigenvalue weighted by molar-refractivity contribution is -0.118. The zero-order chi connectivity index (χ0) is 22.6. The van der Waals surface area contributed by atoms with Gasteiger partial charge in [0.05, 0.1) is 5.69 Å². The molecule has 5 rings (SSSR count). The SMILES string of the molecule is Cc1nnc2ccc(-c3cccc(NC(=O)COc4ccccc4-c4ccccc4)c3)nn12. The predicted molar refractivity (Wildman–Crippen MR) is 127 cm³/mol. The highest BCUT2D eigenvalue weighted by molar-refractivity contribution is 5.92. The summed E-state index contributed by atoms with van der Waals surface area (Å²) in [5.74, 6) is 1.13. The second kappa shape index (κ2) is 8.92. The van der Waals surface area contributed by atoms with E-state index in [0.717, 1.165) is 22.4 Å². The third-order valence-corrected chi connectivity index (χ3v) is 5.19. The van der Waals surface area contributed by atoms with Crippen LogP contribution in [0.1, 0.15) is 5.82 Å². The van der Waals surface area contributed by atoms with Crippen molar-refractivity contribution in [2.24, 2.45) is 0 Å². The standard InChI is InChI=1S/C26H21N5O2/c1-18-28-29-25-15-14-23(30-31(18)25)20-10-7-11-21(16-20)27-26(32)17-33-24-13-6-5-12-22(24)19-8-3-2-4-9-19/h2-16H,17H2,1H3,(H,27,32). The van der Waals surface area contributed by atoms with E-state index in [-0.39, 0.29) is 12.5 Å². The summed E-state index contributed by atoms with van der Waals surface area (Å²) in [5, 5.41) is 15.6. The zero-order valence-corrected chi connectivity index (χ0v) is 18.0. The third-order valence-electron chi connectivity index (χ3n) is 5.19. The van der Waals surface area contributed by atoms with Crippen LogP contribution in [0, 0.1) is 6.92 Å². The number of carbonyl (C=O) groups is 1. The van der Waals surface area contributed by atoms with E-state index in [9.17, 15) is 4.79 Å². The van der Waals surface area contributed by atoms with Crippen LogP contribution in [0.4, 0.5) is 5.69 Å². The quantitative estimate of drug-likeness (QED) is 0.415. The van der Waals surface area contributed by atoms with Gasteiger partial charge in [-0.2, -0.15) is 9.61 Å². The molecule has 0 aliphatic carbocycles. The number of nitrogens with zero attached hydrogens (tertiary/aromatic N) is 4. The van der Waals surface area contributed by atoms with Gasteiger partial charge in [-0.15, -0.1) is 10.2 Å². The minimum absolute atomic E-state index is 0.0990. The number of fused-ring (bicyclic) bond motifs is 1. The number of para-hydroxylation sites is 1. The zero-order valence-electron chi connectivity index (χ0n) is 18.0. The number of hydrogen-bond acceptors (Lipinski definition) is 5. The molecule has 0 aliphatic rings. The number of rotatable bonds is 6. The number of benzene rings is 3. The van der Waals surface area contributed by atoms with Crippen LogP contribution in [-0.4, -0.2) is 32.3 Å². The van der Waals surface area contributed by atoms with Gasteiger partial charge in [-0.05, 0) is 42.8 Å². The summed E-state index contributed by atoms with van der Waals surface area (Å²) in [6.45, 7) is 1.75. The number of hydrogen-bond donors (Lipinski definition) is 1. The molecule has 0 unspecified atom stereocenters. The summed E-state index contributed by atoms with van der Waals surface area (Å²) >= 11 is 0. The Bertz CT molecular complexity index is 1430. The molecule has 0 saturated carbocycles. The van der Waals surface area contributed by atoms with Gasteiger partial charge >= 0.3 is 0 Å². The number of ether oxygens (including phenoxy) is 1. The first-order valence-electron chi connectivity index (χ1n) is 10.5. The minimum atomic E-state index is -0.243. The van der Waals surface area contributed by atoms with Gasteiger partial charge in [-0.25, -0.2) is 0 Å². The number of anilines is 1. The fourth-order valence-corrected chi connectivity index (χ4v) is 3.60. The Labute approximate surface area is 190 Å².